The van der Waals surface area contributed by atoms with Crippen molar-refractivity contribution in [3.8, 4) is 11.5 Å². The van der Waals surface area contributed by atoms with Gasteiger partial charge in [0.05, 0.1) is 18.4 Å². The molecule has 4 heteroatoms. The first-order valence-corrected chi connectivity index (χ1v) is 6.75. The van der Waals surface area contributed by atoms with E-state index in [9.17, 15) is 4.79 Å². The van der Waals surface area contributed by atoms with E-state index in [1.54, 1.807) is 7.11 Å². The second-order valence-corrected chi connectivity index (χ2v) is 4.98. The highest BCUT2D eigenvalue weighted by atomic mass is 16.5. The zero-order valence-electron chi connectivity index (χ0n) is 12.8. The molecule has 0 atom stereocenters. The van der Waals surface area contributed by atoms with Gasteiger partial charge in [0.1, 0.15) is 18.1 Å². The Labute approximate surface area is 124 Å². The monoisotopic (exact) mass is 285 g/mol. The molecule has 1 aromatic carbocycles. The predicted octanol–water partition coefficient (Wildman–Crippen LogP) is 3.49. The lowest BCUT2D eigenvalue weighted by molar-refractivity contribution is 0.101. The number of pyridine rings is 1. The molecule has 0 N–H and O–H groups in total. The number of aromatic nitrogens is 1. The van der Waals surface area contributed by atoms with Gasteiger partial charge < -0.3 is 9.47 Å². The Morgan fingerprint density at radius 3 is 2.62 bits per heavy atom. The summed E-state index contributed by atoms with van der Waals surface area (Å²) in [6.07, 6.45) is 0. The Balaban J connectivity index is 2.20. The zero-order valence-corrected chi connectivity index (χ0v) is 12.8. The highest BCUT2D eigenvalue weighted by Crippen LogP contribution is 2.22. The number of rotatable bonds is 5. The molecule has 2 rings (SSSR count). The molecule has 0 radical (unpaired) electrons. The Bertz CT molecular complexity index is 665. The molecule has 0 saturated carbocycles. The van der Waals surface area contributed by atoms with E-state index in [1.807, 2.05) is 44.2 Å². The Kier molecular flexibility index (Phi) is 4.58. The van der Waals surface area contributed by atoms with Crippen LogP contribution in [0.15, 0.2) is 30.3 Å². The number of aryl methyl sites for hydroxylation is 2. The lowest BCUT2D eigenvalue weighted by Crippen LogP contribution is -2.04. The standard InChI is InChI=1S/C17H19NO3/c1-11-5-6-17(16(7-11)13(3)19)21-10-14-9-15(20-4)8-12(2)18-14/h5-9H,10H2,1-4H3. The van der Waals surface area contributed by atoms with E-state index in [0.29, 0.717) is 17.9 Å². The molecule has 0 aliphatic carbocycles. The number of hydrogen-bond donors (Lipinski definition) is 0. The number of Topliss-reactive ketones (excluding diaryl/α,β-unsaturated/α-hetero) is 1. The third-order valence-electron chi connectivity index (χ3n) is 3.11. The van der Waals surface area contributed by atoms with Gasteiger partial charge in [-0.2, -0.15) is 0 Å². The maximum absolute atomic E-state index is 11.7. The van der Waals surface area contributed by atoms with Crippen molar-refractivity contribution in [3.63, 3.8) is 0 Å². The van der Waals surface area contributed by atoms with Crippen LogP contribution in [0.3, 0.4) is 0 Å². The van der Waals surface area contributed by atoms with Gasteiger partial charge in [-0.25, -0.2) is 0 Å². The van der Waals surface area contributed by atoms with Crippen molar-refractivity contribution >= 4 is 5.78 Å². The molecule has 0 bridgehead atoms. The second kappa shape index (κ2) is 6.39. The fourth-order valence-corrected chi connectivity index (χ4v) is 2.09. The topological polar surface area (TPSA) is 48.4 Å². The molecule has 1 aromatic heterocycles. The summed E-state index contributed by atoms with van der Waals surface area (Å²) in [5.74, 6) is 1.32. The highest BCUT2D eigenvalue weighted by molar-refractivity contribution is 5.97. The number of hydrogen-bond acceptors (Lipinski definition) is 4. The SMILES string of the molecule is COc1cc(C)nc(COc2ccc(C)cc2C(C)=O)c1. The lowest BCUT2D eigenvalue weighted by atomic mass is 10.1. The van der Waals surface area contributed by atoms with Crippen molar-refractivity contribution in [1.82, 2.24) is 4.98 Å². The number of ketones is 1. The smallest absolute Gasteiger partial charge is 0.163 e. The number of nitrogens with zero attached hydrogens (tertiary/aromatic N) is 1. The minimum Gasteiger partial charge on any atom is -0.497 e. The van der Waals surface area contributed by atoms with Crippen molar-refractivity contribution in [2.75, 3.05) is 7.11 Å². The molecule has 0 saturated heterocycles. The van der Waals surface area contributed by atoms with Gasteiger partial charge in [-0.3, -0.25) is 9.78 Å². The van der Waals surface area contributed by atoms with Gasteiger partial charge in [-0.1, -0.05) is 11.6 Å². The molecular weight excluding hydrogens is 266 g/mol. The van der Waals surface area contributed by atoms with Crippen LogP contribution in [-0.2, 0) is 6.61 Å². The Morgan fingerprint density at radius 2 is 1.95 bits per heavy atom. The minimum absolute atomic E-state index is 0.0107. The van der Waals surface area contributed by atoms with Gasteiger partial charge in [-0.05, 0) is 32.9 Å². The molecule has 1 heterocycles. The molecule has 21 heavy (non-hydrogen) atoms. The second-order valence-electron chi connectivity index (χ2n) is 4.98. The Morgan fingerprint density at radius 1 is 1.19 bits per heavy atom. The van der Waals surface area contributed by atoms with Crippen LogP contribution >= 0.6 is 0 Å². The fraction of sp³-hybridized carbons (Fsp3) is 0.294. The van der Waals surface area contributed by atoms with Crippen LogP contribution < -0.4 is 9.47 Å². The molecule has 0 unspecified atom stereocenters. The van der Waals surface area contributed by atoms with Crippen molar-refractivity contribution in [2.45, 2.75) is 27.4 Å². The number of methoxy groups -OCH3 is 1. The van der Waals surface area contributed by atoms with E-state index < -0.39 is 0 Å². The number of benzene rings is 1. The molecule has 0 spiro atoms. The number of ether oxygens (including phenoxy) is 2. The van der Waals surface area contributed by atoms with E-state index in [1.165, 1.54) is 6.92 Å². The maximum atomic E-state index is 11.7. The van der Waals surface area contributed by atoms with E-state index in [2.05, 4.69) is 4.98 Å². The van der Waals surface area contributed by atoms with Crippen LogP contribution in [0.4, 0.5) is 0 Å². The Hall–Kier alpha value is -2.36. The first kappa shape index (κ1) is 15.0. The summed E-state index contributed by atoms with van der Waals surface area (Å²) in [6, 6.07) is 9.26. The van der Waals surface area contributed by atoms with Gasteiger partial charge in [0.2, 0.25) is 0 Å². The van der Waals surface area contributed by atoms with Crippen LogP contribution in [0.1, 0.15) is 34.2 Å². The van der Waals surface area contributed by atoms with E-state index in [-0.39, 0.29) is 5.78 Å². The van der Waals surface area contributed by atoms with Gasteiger partial charge in [0, 0.05) is 17.8 Å². The minimum atomic E-state index is -0.0107. The third kappa shape index (κ3) is 3.81. The molecule has 4 nitrogen and oxygen atoms in total. The zero-order chi connectivity index (χ0) is 15.4. The number of carbonyl (C=O) groups excluding carboxylic acids is 1. The van der Waals surface area contributed by atoms with Gasteiger partial charge >= 0.3 is 0 Å². The van der Waals surface area contributed by atoms with Crippen molar-refractivity contribution in [2.24, 2.45) is 0 Å². The molecule has 0 aliphatic heterocycles. The average molecular weight is 285 g/mol. The lowest BCUT2D eigenvalue weighted by Gasteiger charge is -2.11. The first-order valence-electron chi connectivity index (χ1n) is 6.75. The molecular formula is C17H19NO3. The number of carbonyl (C=O) groups is 1. The van der Waals surface area contributed by atoms with Crippen LogP contribution in [0.25, 0.3) is 0 Å². The summed E-state index contributed by atoms with van der Waals surface area (Å²) in [5.41, 5.74) is 3.25. The van der Waals surface area contributed by atoms with Crippen molar-refractivity contribution < 1.29 is 14.3 Å². The molecule has 110 valence electrons. The first-order chi connectivity index (χ1) is 9.99. The predicted molar refractivity (Wildman–Crippen MR) is 81.0 cm³/mol. The maximum Gasteiger partial charge on any atom is 0.163 e. The largest absolute Gasteiger partial charge is 0.497 e. The summed E-state index contributed by atoms with van der Waals surface area (Å²) >= 11 is 0. The van der Waals surface area contributed by atoms with Crippen LogP contribution in [0.2, 0.25) is 0 Å². The molecule has 0 fully saturated rings. The van der Waals surface area contributed by atoms with E-state index >= 15 is 0 Å². The fourth-order valence-electron chi connectivity index (χ4n) is 2.09. The highest BCUT2D eigenvalue weighted by Gasteiger charge is 2.10. The van der Waals surface area contributed by atoms with Gasteiger partial charge in [-0.15, -0.1) is 0 Å². The summed E-state index contributed by atoms with van der Waals surface area (Å²) < 4.78 is 11.0. The quantitative estimate of drug-likeness (QED) is 0.789. The van der Waals surface area contributed by atoms with Gasteiger partial charge in [0.15, 0.2) is 5.78 Å². The van der Waals surface area contributed by atoms with Crippen molar-refractivity contribution in [3.05, 3.63) is 52.8 Å². The van der Waals surface area contributed by atoms with Crippen LogP contribution in [0, 0.1) is 13.8 Å². The summed E-state index contributed by atoms with van der Waals surface area (Å²) in [5, 5.41) is 0. The van der Waals surface area contributed by atoms with Crippen molar-refractivity contribution in [1.29, 1.82) is 0 Å². The normalized spacial score (nSPS) is 10.3. The average Bonchev–Trinajstić information content (AvgIpc) is 2.45. The molecule has 0 amide bonds. The van der Waals surface area contributed by atoms with E-state index in [4.69, 9.17) is 9.47 Å². The van der Waals surface area contributed by atoms with Gasteiger partial charge in [0.25, 0.3) is 0 Å². The van der Waals surface area contributed by atoms with Crippen LogP contribution in [0.5, 0.6) is 11.5 Å². The summed E-state index contributed by atoms with van der Waals surface area (Å²) in [4.78, 5) is 16.1. The third-order valence-corrected chi connectivity index (χ3v) is 3.11. The summed E-state index contributed by atoms with van der Waals surface area (Å²) in [7, 11) is 1.62. The van der Waals surface area contributed by atoms with Crippen LogP contribution in [-0.4, -0.2) is 17.9 Å². The van der Waals surface area contributed by atoms with E-state index in [0.717, 1.165) is 22.7 Å². The molecule has 0 aliphatic rings. The molecule has 2 aromatic rings. The summed E-state index contributed by atoms with van der Waals surface area (Å²) in [6.45, 7) is 5.68.